The van der Waals surface area contributed by atoms with E-state index < -0.39 is 0 Å². The zero-order valence-electron chi connectivity index (χ0n) is 14.1. The van der Waals surface area contributed by atoms with Crippen LogP contribution < -0.4 is 10.6 Å². The van der Waals surface area contributed by atoms with Crippen molar-refractivity contribution >= 4 is 35.8 Å². The molecule has 23 heavy (non-hydrogen) atoms. The van der Waals surface area contributed by atoms with Crippen molar-refractivity contribution in [2.75, 3.05) is 13.6 Å². The minimum Gasteiger partial charge on any atom is -0.354 e. The molecule has 1 aromatic carbocycles. The largest absolute Gasteiger partial charge is 0.354 e. The first kappa shape index (κ1) is 19.7. The molecule has 6 heteroatoms. The van der Waals surface area contributed by atoms with Crippen LogP contribution in [0.3, 0.4) is 0 Å². The van der Waals surface area contributed by atoms with Crippen molar-refractivity contribution in [3.63, 3.8) is 0 Å². The lowest BCUT2D eigenvalue weighted by Gasteiger charge is -2.17. The summed E-state index contributed by atoms with van der Waals surface area (Å²) < 4.78 is 0. The Labute approximate surface area is 156 Å². The Morgan fingerprint density at radius 3 is 2.70 bits per heavy atom. The molecule has 2 N–H and O–H groups in total. The smallest absolute Gasteiger partial charge is 0.222 e. The fourth-order valence-corrected chi connectivity index (χ4v) is 2.58. The third-order valence-corrected chi connectivity index (χ3v) is 3.65. The molecule has 0 radical (unpaired) electrons. The molecule has 1 fully saturated rings. The minimum absolute atomic E-state index is 0. The van der Waals surface area contributed by atoms with Crippen LogP contribution >= 0.6 is 24.0 Å². The molecule has 0 unspecified atom stereocenters. The van der Waals surface area contributed by atoms with E-state index in [9.17, 15) is 4.79 Å². The average molecular weight is 430 g/mol. The molecule has 2 rings (SSSR count). The van der Waals surface area contributed by atoms with Crippen LogP contribution in [0, 0.1) is 0 Å². The van der Waals surface area contributed by atoms with Gasteiger partial charge in [0.25, 0.3) is 0 Å². The van der Waals surface area contributed by atoms with Gasteiger partial charge in [0, 0.05) is 39.1 Å². The molecule has 128 valence electrons. The number of nitrogens with one attached hydrogen (secondary N) is 2. The highest BCUT2D eigenvalue weighted by Crippen LogP contribution is 2.15. The van der Waals surface area contributed by atoms with Crippen LogP contribution in [-0.2, 0) is 17.9 Å². The van der Waals surface area contributed by atoms with Gasteiger partial charge in [0.05, 0.1) is 0 Å². The summed E-state index contributed by atoms with van der Waals surface area (Å²) >= 11 is 0. The SMILES string of the molecule is CN=C(NCc1cccc(CN2CCCC2=O)c1)NC(C)C.I. The van der Waals surface area contributed by atoms with E-state index in [1.54, 1.807) is 7.05 Å². The summed E-state index contributed by atoms with van der Waals surface area (Å²) in [7, 11) is 1.77. The Bertz CT molecular complexity index is 545. The third kappa shape index (κ3) is 6.37. The number of nitrogens with zero attached hydrogens (tertiary/aromatic N) is 2. The molecule has 1 aliphatic rings. The summed E-state index contributed by atoms with van der Waals surface area (Å²) in [5, 5.41) is 6.57. The highest BCUT2D eigenvalue weighted by atomic mass is 127. The second-order valence-corrected chi connectivity index (χ2v) is 5.96. The second-order valence-electron chi connectivity index (χ2n) is 5.96. The molecule has 0 atom stereocenters. The van der Waals surface area contributed by atoms with Gasteiger partial charge in [-0.25, -0.2) is 0 Å². The van der Waals surface area contributed by atoms with Gasteiger partial charge in [0.1, 0.15) is 0 Å². The van der Waals surface area contributed by atoms with Crippen LogP contribution in [0.25, 0.3) is 0 Å². The summed E-state index contributed by atoms with van der Waals surface area (Å²) in [6.07, 6.45) is 1.68. The summed E-state index contributed by atoms with van der Waals surface area (Å²) in [5.41, 5.74) is 2.37. The maximum absolute atomic E-state index is 11.7. The average Bonchev–Trinajstić information content (AvgIpc) is 2.89. The van der Waals surface area contributed by atoms with Crippen LogP contribution in [0.2, 0.25) is 0 Å². The quantitative estimate of drug-likeness (QED) is 0.429. The standard InChI is InChI=1S/C17H26N4O.HI/c1-13(2)20-17(18-3)19-11-14-6-4-7-15(10-14)12-21-9-5-8-16(21)22;/h4,6-7,10,13H,5,8-9,11-12H2,1-3H3,(H2,18,19,20);1H. The Morgan fingerprint density at radius 2 is 2.09 bits per heavy atom. The molecule has 0 aliphatic carbocycles. The van der Waals surface area contributed by atoms with Crippen molar-refractivity contribution in [3.8, 4) is 0 Å². The zero-order chi connectivity index (χ0) is 15.9. The first-order valence-electron chi connectivity index (χ1n) is 7.91. The monoisotopic (exact) mass is 430 g/mol. The Kier molecular flexibility index (Phi) is 8.36. The molecular formula is C17H27IN4O. The molecule has 0 spiro atoms. The number of benzene rings is 1. The molecule has 1 aromatic rings. The van der Waals surface area contributed by atoms with Gasteiger partial charge in [-0.2, -0.15) is 0 Å². The Hall–Kier alpha value is -1.31. The van der Waals surface area contributed by atoms with E-state index in [0.717, 1.165) is 18.9 Å². The van der Waals surface area contributed by atoms with Crippen molar-refractivity contribution in [2.24, 2.45) is 4.99 Å². The van der Waals surface area contributed by atoms with Crippen molar-refractivity contribution < 1.29 is 4.79 Å². The number of carbonyl (C=O) groups excluding carboxylic acids is 1. The van der Waals surface area contributed by atoms with Crippen molar-refractivity contribution in [2.45, 2.75) is 45.8 Å². The second kappa shape index (κ2) is 9.75. The highest BCUT2D eigenvalue weighted by Gasteiger charge is 2.19. The number of guanidine groups is 1. The van der Waals surface area contributed by atoms with E-state index in [4.69, 9.17) is 0 Å². The molecule has 1 heterocycles. The Morgan fingerprint density at radius 1 is 1.35 bits per heavy atom. The number of rotatable bonds is 5. The fourth-order valence-electron chi connectivity index (χ4n) is 2.58. The van der Waals surface area contributed by atoms with Gasteiger partial charge in [-0.05, 0) is 31.4 Å². The summed E-state index contributed by atoms with van der Waals surface area (Å²) in [6, 6.07) is 8.72. The van der Waals surface area contributed by atoms with E-state index in [2.05, 4.69) is 47.7 Å². The predicted octanol–water partition coefficient (Wildman–Crippen LogP) is 2.50. The highest BCUT2D eigenvalue weighted by molar-refractivity contribution is 14.0. The molecule has 0 bridgehead atoms. The lowest BCUT2D eigenvalue weighted by molar-refractivity contribution is -0.128. The van der Waals surface area contributed by atoms with E-state index >= 15 is 0 Å². The summed E-state index contributed by atoms with van der Waals surface area (Å²) in [6.45, 7) is 6.48. The molecule has 5 nitrogen and oxygen atoms in total. The number of aliphatic imine (C=N–C) groups is 1. The molecule has 1 saturated heterocycles. The van der Waals surface area contributed by atoms with Crippen LogP contribution in [0.5, 0.6) is 0 Å². The topological polar surface area (TPSA) is 56.7 Å². The number of halogens is 1. The summed E-state index contributed by atoms with van der Waals surface area (Å²) in [4.78, 5) is 17.8. The van der Waals surface area contributed by atoms with E-state index in [0.29, 0.717) is 25.6 Å². The number of amides is 1. The number of likely N-dealkylation sites (tertiary alicyclic amines) is 1. The van der Waals surface area contributed by atoms with Crippen LogP contribution in [0.15, 0.2) is 29.3 Å². The normalized spacial score (nSPS) is 14.9. The van der Waals surface area contributed by atoms with Gasteiger partial charge in [-0.3, -0.25) is 9.79 Å². The molecule has 1 aliphatic heterocycles. The summed E-state index contributed by atoms with van der Waals surface area (Å²) in [5.74, 6) is 1.07. The maximum Gasteiger partial charge on any atom is 0.222 e. The number of hydrogen-bond acceptors (Lipinski definition) is 2. The number of carbonyl (C=O) groups is 1. The van der Waals surface area contributed by atoms with Gasteiger partial charge < -0.3 is 15.5 Å². The van der Waals surface area contributed by atoms with Crippen molar-refractivity contribution in [1.82, 2.24) is 15.5 Å². The molecular weight excluding hydrogens is 403 g/mol. The van der Waals surface area contributed by atoms with Gasteiger partial charge in [-0.1, -0.05) is 24.3 Å². The molecule has 1 amide bonds. The lowest BCUT2D eigenvalue weighted by Crippen LogP contribution is -2.40. The first-order chi connectivity index (χ1) is 10.6. The van der Waals surface area contributed by atoms with Crippen LogP contribution in [-0.4, -0.2) is 36.4 Å². The van der Waals surface area contributed by atoms with Crippen molar-refractivity contribution in [1.29, 1.82) is 0 Å². The fraction of sp³-hybridized carbons (Fsp3) is 0.529. The van der Waals surface area contributed by atoms with Crippen LogP contribution in [0.1, 0.15) is 37.8 Å². The maximum atomic E-state index is 11.7. The van der Waals surface area contributed by atoms with Crippen molar-refractivity contribution in [3.05, 3.63) is 35.4 Å². The third-order valence-electron chi connectivity index (χ3n) is 3.65. The van der Waals surface area contributed by atoms with Gasteiger partial charge in [0.15, 0.2) is 5.96 Å². The van der Waals surface area contributed by atoms with E-state index in [1.807, 2.05) is 11.0 Å². The van der Waals surface area contributed by atoms with Crippen LogP contribution in [0.4, 0.5) is 0 Å². The number of hydrogen-bond donors (Lipinski definition) is 2. The predicted molar refractivity (Wildman–Crippen MR) is 105 cm³/mol. The van der Waals surface area contributed by atoms with Gasteiger partial charge in [-0.15, -0.1) is 24.0 Å². The first-order valence-corrected chi connectivity index (χ1v) is 7.91. The van der Waals surface area contributed by atoms with Gasteiger partial charge >= 0.3 is 0 Å². The molecule has 0 saturated carbocycles. The van der Waals surface area contributed by atoms with E-state index in [-0.39, 0.29) is 29.9 Å². The van der Waals surface area contributed by atoms with Gasteiger partial charge in [0.2, 0.25) is 5.91 Å². The lowest BCUT2D eigenvalue weighted by atomic mass is 10.1. The minimum atomic E-state index is 0. The zero-order valence-corrected chi connectivity index (χ0v) is 16.5. The molecule has 0 aromatic heterocycles. The van der Waals surface area contributed by atoms with E-state index in [1.165, 1.54) is 11.1 Å². The Balaban J connectivity index is 0.00000264.